The quantitative estimate of drug-likeness (QED) is 0.392. The second kappa shape index (κ2) is 9.18. The highest BCUT2D eigenvalue weighted by atomic mass is 32.2. The third kappa shape index (κ3) is 5.14. The second-order valence-electron chi connectivity index (χ2n) is 6.87. The highest BCUT2D eigenvalue weighted by Gasteiger charge is 2.32. The van der Waals surface area contributed by atoms with E-state index in [4.69, 9.17) is 0 Å². The van der Waals surface area contributed by atoms with E-state index in [2.05, 4.69) is 14.4 Å². The molecule has 0 amide bonds. The maximum Gasteiger partial charge on any atom is 0.416 e. The van der Waals surface area contributed by atoms with Crippen LogP contribution in [0.5, 0.6) is 0 Å². The van der Waals surface area contributed by atoms with E-state index in [1.165, 1.54) is 24.4 Å². The van der Waals surface area contributed by atoms with Crippen molar-refractivity contribution in [2.45, 2.75) is 24.4 Å². The predicted octanol–water partition coefficient (Wildman–Crippen LogP) is 5.06. The van der Waals surface area contributed by atoms with Crippen molar-refractivity contribution in [2.24, 2.45) is 0 Å². The molecule has 3 rings (SSSR count). The van der Waals surface area contributed by atoms with Gasteiger partial charge in [-0.3, -0.25) is 9.71 Å². The van der Waals surface area contributed by atoms with Gasteiger partial charge in [-0.1, -0.05) is 13.0 Å². The van der Waals surface area contributed by atoms with Crippen molar-refractivity contribution < 1.29 is 35.5 Å². The summed E-state index contributed by atoms with van der Waals surface area (Å²) in [6.45, 7) is 1.67. The van der Waals surface area contributed by atoms with Crippen LogP contribution < -0.4 is 4.72 Å². The molecule has 174 valence electrons. The zero-order chi connectivity index (χ0) is 24.4. The van der Waals surface area contributed by atoms with Crippen LogP contribution in [0.4, 0.5) is 23.2 Å². The number of esters is 1. The minimum absolute atomic E-state index is 0.0601. The van der Waals surface area contributed by atoms with E-state index < -0.39 is 39.2 Å². The Morgan fingerprint density at radius 3 is 2.45 bits per heavy atom. The number of rotatable bonds is 6. The molecule has 11 heteroatoms. The zero-order valence-corrected chi connectivity index (χ0v) is 18.2. The number of carbonyl (C=O) groups is 1. The lowest BCUT2D eigenvalue weighted by Gasteiger charge is -2.17. The number of benzene rings is 2. The monoisotopic (exact) mass is 482 g/mol. The van der Waals surface area contributed by atoms with E-state index in [1.807, 2.05) is 0 Å². The van der Waals surface area contributed by atoms with Gasteiger partial charge in [-0.25, -0.2) is 17.6 Å². The topological polar surface area (TPSA) is 85.4 Å². The fourth-order valence-electron chi connectivity index (χ4n) is 3.14. The van der Waals surface area contributed by atoms with E-state index in [-0.39, 0.29) is 28.1 Å². The number of aromatic nitrogens is 1. The molecule has 0 unspecified atom stereocenters. The van der Waals surface area contributed by atoms with Crippen molar-refractivity contribution in [1.82, 2.24) is 4.98 Å². The maximum atomic E-state index is 14.3. The molecule has 1 N–H and O–H groups in total. The van der Waals surface area contributed by atoms with Crippen LogP contribution in [0, 0.1) is 5.82 Å². The van der Waals surface area contributed by atoms with Crippen LogP contribution in [0.1, 0.15) is 28.4 Å². The molecular formula is C22H18F4N2O4S. The van der Waals surface area contributed by atoms with Crippen LogP contribution in [0.2, 0.25) is 0 Å². The summed E-state index contributed by atoms with van der Waals surface area (Å²) in [7, 11) is -3.38. The first-order valence-corrected chi connectivity index (χ1v) is 11.0. The number of nitrogens with one attached hydrogen (secondary N) is 1. The molecule has 3 aromatic rings. The standard InChI is InChI=1S/C22H18F4N2O4S/c1-3-13-6-7-14(21(29)32-2)11-19(13)33(30,31)28-18-12-15(22(24,25)26)8-9-16(18)20-17(23)5-4-10-27-20/h4-12,28H,3H2,1-2H3. The summed E-state index contributed by atoms with van der Waals surface area (Å²) < 4.78 is 87.4. The van der Waals surface area contributed by atoms with Gasteiger partial charge in [0.05, 0.1) is 28.8 Å². The highest BCUT2D eigenvalue weighted by Crippen LogP contribution is 2.37. The summed E-state index contributed by atoms with van der Waals surface area (Å²) in [6, 6.07) is 8.41. The average Bonchev–Trinajstić information content (AvgIpc) is 2.77. The number of ether oxygens (including phenoxy) is 1. The van der Waals surface area contributed by atoms with Crippen LogP contribution in [-0.2, 0) is 27.4 Å². The Morgan fingerprint density at radius 1 is 1.12 bits per heavy atom. The Hall–Kier alpha value is -3.47. The van der Waals surface area contributed by atoms with Crippen LogP contribution in [0.25, 0.3) is 11.3 Å². The first kappa shape index (κ1) is 24.2. The largest absolute Gasteiger partial charge is 0.465 e. The zero-order valence-electron chi connectivity index (χ0n) is 17.4. The summed E-state index contributed by atoms with van der Waals surface area (Å²) in [5.41, 5.74) is -1.93. The number of aryl methyl sites for hydroxylation is 1. The van der Waals surface area contributed by atoms with Gasteiger partial charge in [0.1, 0.15) is 11.5 Å². The van der Waals surface area contributed by atoms with E-state index in [1.54, 1.807) is 6.92 Å². The lowest BCUT2D eigenvalue weighted by atomic mass is 10.1. The molecule has 2 aromatic carbocycles. The van der Waals surface area contributed by atoms with Crippen molar-refractivity contribution in [3.8, 4) is 11.3 Å². The molecule has 0 saturated carbocycles. The molecule has 0 radical (unpaired) electrons. The third-order valence-corrected chi connectivity index (χ3v) is 6.21. The number of hydrogen-bond donors (Lipinski definition) is 1. The lowest BCUT2D eigenvalue weighted by molar-refractivity contribution is -0.137. The Balaban J connectivity index is 2.19. The summed E-state index contributed by atoms with van der Waals surface area (Å²) in [5.74, 6) is -1.64. The van der Waals surface area contributed by atoms with Crippen molar-refractivity contribution in [2.75, 3.05) is 11.8 Å². The van der Waals surface area contributed by atoms with Gasteiger partial charge in [0.2, 0.25) is 0 Å². The number of nitrogens with zero attached hydrogens (tertiary/aromatic N) is 1. The first-order valence-electron chi connectivity index (χ1n) is 9.54. The molecule has 0 fully saturated rings. The van der Waals surface area contributed by atoms with E-state index in [0.717, 1.165) is 25.3 Å². The predicted molar refractivity (Wildman–Crippen MR) is 113 cm³/mol. The van der Waals surface area contributed by atoms with Crippen molar-refractivity contribution >= 4 is 21.7 Å². The Bertz CT molecular complexity index is 1310. The van der Waals surface area contributed by atoms with Gasteiger partial charge in [-0.15, -0.1) is 0 Å². The Kier molecular flexibility index (Phi) is 6.73. The smallest absolute Gasteiger partial charge is 0.416 e. The Morgan fingerprint density at radius 2 is 1.85 bits per heavy atom. The normalized spacial score (nSPS) is 11.8. The number of methoxy groups -OCH3 is 1. The van der Waals surface area contributed by atoms with Gasteiger partial charge < -0.3 is 4.74 Å². The van der Waals surface area contributed by atoms with Gasteiger partial charge in [0, 0.05) is 11.8 Å². The molecular weight excluding hydrogens is 464 g/mol. The minimum Gasteiger partial charge on any atom is -0.465 e. The number of pyridine rings is 1. The van der Waals surface area contributed by atoms with Gasteiger partial charge in [0.25, 0.3) is 10.0 Å². The Labute approximate surface area is 187 Å². The third-order valence-electron chi connectivity index (χ3n) is 4.76. The van der Waals surface area contributed by atoms with Crippen molar-refractivity contribution in [3.05, 3.63) is 77.2 Å². The van der Waals surface area contributed by atoms with E-state index in [9.17, 15) is 30.8 Å². The summed E-state index contributed by atoms with van der Waals surface area (Å²) >= 11 is 0. The SMILES string of the molecule is CCc1ccc(C(=O)OC)cc1S(=O)(=O)Nc1cc(C(F)(F)F)ccc1-c1ncccc1F. The number of anilines is 1. The summed E-state index contributed by atoms with van der Waals surface area (Å²) in [4.78, 5) is 15.4. The van der Waals surface area contributed by atoms with Crippen LogP contribution >= 0.6 is 0 Å². The lowest BCUT2D eigenvalue weighted by Crippen LogP contribution is -2.18. The van der Waals surface area contributed by atoms with Gasteiger partial charge in [0.15, 0.2) is 0 Å². The van der Waals surface area contributed by atoms with Gasteiger partial charge in [-0.05, 0) is 54.4 Å². The second-order valence-corrected chi connectivity index (χ2v) is 8.52. The van der Waals surface area contributed by atoms with Crippen LogP contribution in [0.3, 0.4) is 0 Å². The van der Waals surface area contributed by atoms with E-state index in [0.29, 0.717) is 17.7 Å². The molecule has 0 spiro atoms. The first-order chi connectivity index (χ1) is 15.5. The minimum atomic E-state index is -4.78. The molecule has 1 aromatic heterocycles. The number of carbonyl (C=O) groups excluding carboxylic acids is 1. The van der Waals surface area contributed by atoms with Gasteiger partial charge >= 0.3 is 12.1 Å². The van der Waals surface area contributed by atoms with Crippen LogP contribution in [-0.4, -0.2) is 26.5 Å². The number of alkyl halides is 3. The summed E-state index contributed by atoms with van der Waals surface area (Å²) in [5, 5.41) is 0. The molecule has 0 atom stereocenters. The maximum absolute atomic E-state index is 14.3. The molecule has 6 nitrogen and oxygen atoms in total. The summed E-state index contributed by atoms with van der Waals surface area (Å²) in [6.07, 6.45) is -3.30. The number of sulfonamides is 1. The number of halogens is 4. The molecule has 0 aliphatic carbocycles. The highest BCUT2D eigenvalue weighted by molar-refractivity contribution is 7.92. The van der Waals surface area contributed by atoms with Gasteiger partial charge in [-0.2, -0.15) is 13.2 Å². The van der Waals surface area contributed by atoms with E-state index >= 15 is 0 Å². The molecule has 0 bridgehead atoms. The fourth-order valence-corrected chi connectivity index (χ4v) is 4.54. The van der Waals surface area contributed by atoms with Crippen LogP contribution in [0.15, 0.2) is 59.6 Å². The molecule has 33 heavy (non-hydrogen) atoms. The molecule has 0 saturated heterocycles. The van der Waals surface area contributed by atoms with Crippen molar-refractivity contribution in [3.63, 3.8) is 0 Å². The molecule has 0 aliphatic rings. The average molecular weight is 482 g/mol. The number of hydrogen-bond acceptors (Lipinski definition) is 5. The molecule has 0 aliphatic heterocycles. The van der Waals surface area contributed by atoms with Crippen molar-refractivity contribution in [1.29, 1.82) is 0 Å². The fraction of sp³-hybridized carbons (Fsp3) is 0.182. The molecule has 1 heterocycles.